The van der Waals surface area contributed by atoms with Gasteiger partial charge < -0.3 is 9.84 Å². The lowest BCUT2D eigenvalue weighted by molar-refractivity contribution is 0.194. The molecule has 1 heterocycles. The lowest BCUT2D eigenvalue weighted by Gasteiger charge is -2.06. The average Bonchev–Trinajstić information content (AvgIpc) is 2.39. The van der Waals surface area contributed by atoms with E-state index < -0.39 is 6.10 Å². The van der Waals surface area contributed by atoms with Crippen LogP contribution in [0.5, 0.6) is 5.75 Å². The van der Waals surface area contributed by atoms with Gasteiger partial charge in [0.25, 0.3) is 0 Å². The summed E-state index contributed by atoms with van der Waals surface area (Å²) in [6.45, 7) is 1.70. The Labute approximate surface area is 101 Å². The molecule has 0 aliphatic rings. The summed E-state index contributed by atoms with van der Waals surface area (Å²) in [6, 6.07) is 11.6. The molecule has 0 saturated heterocycles. The highest BCUT2D eigenvalue weighted by atomic mass is 16.5. The Kier molecular flexibility index (Phi) is 3.40. The third kappa shape index (κ3) is 2.63. The Morgan fingerprint density at radius 2 is 1.71 bits per heavy atom. The lowest BCUT2D eigenvalue weighted by atomic mass is 10.1. The van der Waals surface area contributed by atoms with Crippen molar-refractivity contribution in [3.8, 4) is 16.9 Å². The van der Waals surface area contributed by atoms with Crippen molar-refractivity contribution in [3.63, 3.8) is 0 Å². The summed E-state index contributed by atoms with van der Waals surface area (Å²) >= 11 is 0. The molecule has 0 bridgehead atoms. The second-order valence-electron chi connectivity index (χ2n) is 3.88. The van der Waals surface area contributed by atoms with Gasteiger partial charge in [0.15, 0.2) is 0 Å². The predicted octanol–water partition coefficient (Wildman–Crippen LogP) is 2.81. The first-order valence-corrected chi connectivity index (χ1v) is 5.49. The van der Waals surface area contributed by atoms with Crippen LogP contribution in [0.25, 0.3) is 11.1 Å². The van der Waals surface area contributed by atoms with Gasteiger partial charge in [-0.1, -0.05) is 18.2 Å². The van der Waals surface area contributed by atoms with Crippen LogP contribution in [-0.4, -0.2) is 17.2 Å². The van der Waals surface area contributed by atoms with E-state index in [9.17, 15) is 5.11 Å². The number of pyridine rings is 1. The van der Waals surface area contributed by atoms with Gasteiger partial charge in [-0.3, -0.25) is 4.98 Å². The maximum Gasteiger partial charge on any atom is 0.118 e. The Balaban J connectivity index is 2.26. The molecule has 17 heavy (non-hydrogen) atoms. The van der Waals surface area contributed by atoms with E-state index in [0.29, 0.717) is 5.69 Å². The number of benzene rings is 1. The SMILES string of the molecule is COc1ccc(-c2ccc(C(C)O)nc2)cc1. The number of rotatable bonds is 3. The zero-order chi connectivity index (χ0) is 12.3. The fraction of sp³-hybridized carbons (Fsp3) is 0.214. The van der Waals surface area contributed by atoms with Gasteiger partial charge in [0.05, 0.1) is 18.9 Å². The van der Waals surface area contributed by atoms with Crippen molar-refractivity contribution >= 4 is 0 Å². The van der Waals surface area contributed by atoms with Crippen LogP contribution in [0, 0.1) is 0 Å². The van der Waals surface area contributed by atoms with Crippen LogP contribution in [0.2, 0.25) is 0 Å². The van der Waals surface area contributed by atoms with E-state index in [1.54, 1.807) is 20.2 Å². The van der Waals surface area contributed by atoms with Gasteiger partial charge in [-0.05, 0) is 30.7 Å². The van der Waals surface area contributed by atoms with Crippen molar-refractivity contribution in [2.75, 3.05) is 7.11 Å². The van der Waals surface area contributed by atoms with Crippen LogP contribution in [-0.2, 0) is 0 Å². The summed E-state index contributed by atoms with van der Waals surface area (Å²) < 4.78 is 5.11. The van der Waals surface area contributed by atoms with Crippen LogP contribution in [0.1, 0.15) is 18.7 Å². The third-order valence-corrected chi connectivity index (χ3v) is 2.64. The van der Waals surface area contributed by atoms with Crippen LogP contribution >= 0.6 is 0 Å². The molecule has 1 N–H and O–H groups in total. The fourth-order valence-electron chi connectivity index (χ4n) is 1.61. The Bertz CT molecular complexity index is 475. The van der Waals surface area contributed by atoms with Gasteiger partial charge in [0, 0.05) is 11.8 Å². The molecule has 0 radical (unpaired) electrons. The second kappa shape index (κ2) is 4.97. The minimum Gasteiger partial charge on any atom is -0.497 e. The topological polar surface area (TPSA) is 42.4 Å². The number of hydrogen-bond acceptors (Lipinski definition) is 3. The molecule has 0 aliphatic heterocycles. The molecular weight excluding hydrogens is 214 g/mol. The molecule has 88 valence electrons. The van der Waals surface area contributed by atoms with E-state index in [2.05, 4.69) is 4.98 Å². The smallest absolute Gasteiger partial charge is 0.118 e. The monoisotopic (exact) mass is 229 g/mol. The molecule has 2 rings (SSSR count). The van der Waals surface area contributed by atoms with Crippen molar-refractivity contribution in [1.29, 1.82) is 0 Å². The highest BCUT2D eigenvalue weighted by Crippen LogP contribution is 2.22. The number of aliphatic hydroxyl groups excluding tert-OH is 1. The van der Waals surface area contributed by atoms with Crippen molar-refractivity contribution in [2.24, 2.45) is 0 Å². The van der Waals surface area contributed by atoms with Gasteiger partial charge in [0.1, 0.15) is 5.75 Å². The first-order chi connectivity index (χ1) is 8.20. The number of nitrogens with zero attached hydrogens (tertiary/aromatic N) is 1. The van der Waals surface area contributed by atoms with Gasteiger partial charge >= 0.3 is 0 Å². The van der Waals surface area contributed by atoms with Gasteiger partial charge in [-0.25, -0.2) is 0 Å². The van der Waals surface area contributed by atoms with Crippen LogP contribution in [0.4, 0.5) is 0 Å². The predicted molar refractivity (Wildman–Crippen MR) is 66.9 cm³/mol. The molecule has 2 aromatic rings. The molecular formula is C14H15NO2. The number of ether oxygens (including phenoxy) is 1. The average molecular weight is 229 g/mol. The first-order valence-electron chi connectivity index (χ1n) is 5.49. The second-order valence-corrected chi connectivity index (χ2v) is 3.88. The number of hydrogen-bond donors (Lipinski definition) is 1. The zero-order valence-electron chi connectivity index (χ0n) is 9.92. The summed E-state index contributed by atoms with van der Waals surface area (Å²) in [6.07, 6.45) is 1.24. The highest BCUT2D eigenvalue weighted by molar-refractivity contribution is 5.63. The fourth-order valence-corrected chi connectivity index (χ4v) is 1.61. The Morgan fingerprint density at radius 3 is 2.18 bits per heavy atom. The van der Waals surface area contributed by atoms with Crippen molar-refractivity contribution in [2.45, 2.75) is 13.0 Å². The molecule has 0 aliphatic carbocycles. The third-order valence-electron chi connectivity index (χ3n) is 2.64. The molecule has 0 fully saturated rings. The number of aliphatic hydroxyl groups is 1. The van der Waals surface area contributed by atoms with E-state index in [-0.39, 0.29) is 0 Å². The van der Waals surface area contributed by atoms with E-state index in [1.807, 2.05) is 36.4 Å². The number of methoxy groups -OCH3 is 1. The van der Waals surface area contributed by atoms with Crippen molar-refractivity contribution in [1.82, 2.24) is 4.98 Å². The molecule has 1 atom stereocenters. The van der Waals surface area contributed by atoms with Crippen LogP contribution in [0.3, 0.4) is 0 Å². The molecule has 1 aromatic carbocycles. The lowest BCUT2D eigenvalue weighted by Crippen LogP contribution is -1.94. The highest BCUT2D eigenvalue weighted by Gasteiger charge is 2.03. The summed E-state index contributed by atoms with van der Waals surface area (Å²) in [5, 5.41) is 9.37. The van der Waals surface area contributed by atoms with E-state index in [0.717, 1.165) is 16.9 Å². The van der Waals surface area contributed by atoms with Gasteiger partial charge in [0.2, 0.25) is 0 Å². The molecule has 3 heteroatoms. The Morgan fingerprint density at radius 1 is 1.06 bits per heavy atom. The first kappa shape index (κ1) is 11.6. The largest absolute Gasteiger partial charge is 0.497 e. The summed E-state index contributed by atoms with van der Waals surface area (Å²) in [5.74, 6) is 0.835. The quantitative estimate of drug-likeness (QED) is 0.880. The molecule has 0 saturated carbocycles. The maximum absolute atomic E-state index is 9.37. The summed E-state index contributed by atoms with van der Waals surface area (Å²) in [7, 11) is 1.65. The summed E-state index contributed by atoms with van der Waals surface area (Å²) in [4.78, 5) is 4.22. The number of aromatic nitrogens is 1. The standard InChI is InChI=1S/C14H15NO2/c1-10(16)14-8-5-12(9-15-14)11-3-6-13(17-2)7-4-11/h3-10,16H,1-2H3. The van der Waals surface area contributed by atoms with E-state index in [1.165, 1.54) is 0 Å². The van der Waals surface area contributed by atoms with Crippen molar-refractivity contribution < 1.29 is 9.84 Å². The van der Waals surface area contributed by atoms with Crippen molar-refractivity contribution in [3.05, 3.63) is 48.3 Å². The maximum atomic E-state index is 9.37. The zero-order valence-corrected chi connectivity index (χ0v) is 9.92. The molecule has 3 nitrogen and oxygen atoms in total. The minimum absolute atomic E-state index is 0.528. The summed E-state index contributed by atoms with van der Waals surface area (Å²) in [5.41, 5.74) is 2.79. The van der Waals surface area contributed by atoms with Crippen LogP contribution in [0.15, 0.2) is 42.6 Å². The van der Waals surface area contributed by atoms with Gasteiger partial charge in [-0.2, -0.15) is 0 Å². The van der Waals surface area contributed by atoms with Crippen LogP contribution < -0.4 is 4.74 Å². The van der Waals surface area contributed by atoms with Gasteiger partial charge in [-0.15, -0.1) is 0 Å². The molecule has 1 unspecified atom stereocenters. The molecule has 1 aromatic heterocycles. The molecule has 0 amide bonds. The Hall–Kier alpha value is -1.87. The molecule has 0 spiro atoms. The van der Waals surface area contributed by atoms with E-state index >= 15 is 0 Å². The normalized spacial score (nSPS) is 12.2. The van der Waals surface area contributed by atoms with E-state index in [4.69, 9.17) is 4.74 Å². The minimum atomic E-state index is -0.528.